The van der Waals surface area contributed by atoms with E-state index in [1.165, 1.54) is 35.6 Å². The molecule has 1 fully saturated rings. The van der Waals surface area contributed by atoms with Crippen molar-refractivity contribution in [3.63, 3.8) is 0 Å². The van der Waals surface area contributed by atoms with Gasteiger partial charge in [0.1, 0.15) is 5.84 Å². The van der Waals surface area contributed by atoms with Gasteiger partial charge in [-0.15, -0.1) is 0 Å². The number of esters is 1. The first kappa shape index (κ1) is 28.3. The van der Waals surface area contributed by atoms with Crippen molar-refractivity contribution in [2.45, 2.75) is 38.3 Å². The van der Waals surface area contributed by atoms with Crippen molar-refractivity contribution in [3.05, 3.63) is 100.0 Å². The van der Waals surface area contributed by atoms with Crippen LogP contribution >= 0.6 is 0 Å². The van der Waals surface area contributed by atoms with Crippen molar-refractivity contribution >= 4 is 29.3 Å². The summed E-state index contributed by atoms with van der Waals surface area (Å²) in [6.45, 7) is 0.684. The summed E-state index contributed by atoms with van der Waals surface area (Å²) in [6, 6.07) is 19.0. The van der Waals surface area contributed by atoms with Crippen LogP contribution in [0.1, 0.15) is 40.7 Å². The number of carbonyl (C=O) groups excluding carboxylic acids is 3. The molecule has 0 aliphatic carbocycles. The van der Waals surface area contributed by atoms with Crippen LogP contribution in [0.2, 0.25) is 0 Å². The Bertz CT molecular complexity index is 1430. The summed E-state index contributed by atoms with van der Waals surface area (Å²) in [6.07, 6.45) is 3.41. The predicted octanol–water partition coefficient (Wildman–Crippen LogP) is 2.80. The summed E-state index contributed by atoms with van der Waals surface area (Å²) >= 11 is 0. The van der Waals surface area contributed by atoms with Crippen LogP contribution < -0.4 is 16.6 Å². The summed E-state index contributed by atoms with van der Waals surface area (Å²) in [7, 11) is 1.30. The molecule has 0 bridgehead atoms. The molecule has 0 saturated carbocycles. The van der Waals surface area contributed by atoms with Gasteiger partial charge in [0, 0.05) is 36.6 Å². The Morgan fingerprint density at radius 2 is 1.73 bits per heavy atom. The van der Waals surface area contributed by atoms with Gasteiger partial charge in [0.05, 0.1) is 31.1 Å². The van der Waals surface area contributed by atoms with Gasteiger partial charge in [0.2, 0.25) is 5.91 Å². The number of likely N-dealkylation sites (tertiary alicyclic amines) is 1. The quantitative estimate of drug-likeness (QED) is 0.192. The van der Waals surface area contributed by atoms with Crippen molar-refractivity contribution in [1.29, 1.82) is 5.41 Å². The number of amidine groups is 1. The van der Waals surface area contributed by atoms with E-state index >= 15 is 0 Å². The normalized spacial score (nSPS) is 16.5. The number of anilines is 1. The first-order chi connectivity index (χ1) is 19.2. The number of ether oxygens (including phenoxy) is 1. The molecule has 1 aliphatic heterocycles. The maximum Gasteiger partial charge on any atom is 0.306 e. The Labute approximate surface area is 232 Å². The second-order valence-corrected chi connectivity index (χ2v) is 9.84. The first-order valence-electron chi connectivity index (χ1n) is 13.1. The molecule has 2 aromatic carbocycles. The lowest BCUT2D eigenvalue weighted by atomic mass is 10.0. The van der Waals surface area contributed by atoms with Gasteiger partial charge in [-0.25, -0.2) is 0 Å². The molecular weight excluding hydrogens is 510 g/mol. The van der Waals surface area contributed by atoms with Crippen molar-refractivity contribution < 1.29 is 19.1 Å². The Hall–Kier alpha value is -4.73. The minimum absolute atomic E-state index is 0.0131. The van der Waals surface area contributed by atoms with Gasteiger partial charge < -0.3 is 25.3 Å². The average Bonchev–Trinajstić information content (AvgIpc) is 3.23. The first-order valence-corrected chi connectivity index (χ1v) is 13.1. The number of carbonyl (C=O) groups is 3. The van der Waals surface area contributed by atoms with Gasteiger partial charge >= 0.3 is 5.97 Å². The van der Waals surface area contributed by atoms with Crippen LogP contribution in [0.4, 0.5) is 5.69 Å². The zero-order chi connectivity index (χ0) is 28.6. The molecule has 10 nitrogen and oxygen atoms in total. The molecule has 0 unspecified atom stereocenters. The summed E-state index contributed by atoms with van der Waals surface area (Å²) in [5.74, 6) is -1.57. The maximum absolute atomic E-state index is 13.3. The lowest BCUT2D eigenvalue weighted by molar-refractivity contribution is -0.144. The van der Waals surface area contributed by atoms with Gasteiger partial charge in [-0.05, 0) is 55.2 Å². The predicted molar refractivity (Wildman–Crippen MR) is 151 cm³/mol. The number of nitrogens with zero attached hydrogens (tertiary/aromatic N) is 2. The molecule has 4 N–H and O–H groups in total. The number of methoxy groups -OCH3 is 1. The number of benzene rings is 2. The van der Waals surface area contributed by atoms with Crippen LogP contribution in [0.3, 0.4) is 0 Å². The van der Waals surface area contributed by atoms with E-state index < -0.39 is 17.8 Å². The third-order valence-corrected chi connectivity index (χ3v) is 7.08. The zero-order valence-corrected chi connectivity index (χ0v) is 22.3. The lowest BCUT2D eigenvalue weighted by Crippen LogP contribution is -2.39. The number of nitrogen functional groups attached to an aromatic ring is 1. The fraction of sp³-hybridized carbons (Fsp3) is 0.300. The number of hydrogen-bond acceptors (Lipinski definition) is 6. The molecule has 1 aliphatic rings. The van der Waals surface area contributed by atoms with Gasteiger partial charge in [-0.3, -0.25) is 24.6 Å². The highest BCUT2D eigenvalue weighted by atomic mass is 16.5. The molecule has 3 aromatic rings. The van der Waals surface area contributed by atoms with E-state index in [0.717, 1.165) is 12.8 Å². The average molecular weight is 544 g/mol. The van der Waals surface area contributed by atoms with E-state index in [9.17, 15) is 19.2 Å². The van der Waals surface area contributed by atoms with Crippen molar-refractivity contribution in [1.82, 2.24) is 9.47 Å². The topological polar surface area (TPSA) is 148 Å². The number of nitrogens with two attached hydrogens (primary N) is 1. The van der Waals surface area contributed by atoms with Crippen LogP contribution in [0, 0.1) is 11.3 Å². The van der Waals surface area contributed by atoms with E-state index in [2.05, 4.69) is 5.32 Å². The van der Waals surface area contributed by atoms with E-state index in [-0.39, 0.29) is 41.9 Å². The summed E-state index contributed by atoms with van der Waals surface area (Å²) in [4.78, 5) is 52.7. The number of nitrogens with one attached hydrogen (secondary N) is 2. The molecule has 0 radical (unpaired) electrons. The Kier molecular flexibility index (Phi) is 9.11. The van der Waals surface area contributed by atoms with E-state index in [1.807, 2.05) is 30.3 Å². The monoisotopic (exact) mass is 543 g/mol. The molecule has 10 heteroatoms. The number of rotatable bonds is 11. The highest BCUT2D eigenvalue weighted by Crippen LogP contribution is 2.29. The van der Waals surface area contributed by atoms with E-state index in [1.54, 1.807) is 29.2 Å². The third-order valence-electron chi connectivity index (χ3n) is 7.08. The Morgan fingerprint density at radius 3 is 2.40 bits per heavy atom. The highest BCUT2D eigenvalue weighted by molar-refractivity contribution is 6.04. The van der Waals surface area contributed by atoms with Gasteiger partial charge in [0.25, 0.3) is 11.5 Å². The Balaban J connectivity index is 1.48. The second-order valence-electron chi connectivity index (χ2n) is 9.84. The summed E-state index contributed by atoms with van der Waals surface area (Å²) in [5.41, 5.74) is 7.69. The minimum Gasteiger partial charge on any atom is -0.469 e. The molecule has 1 aromatic heterocycles. The van der Waals surface area contributed by atoms with Crippen molar-refractivity contribution in [3.8, 4) is 0 Å². The molecular formula is C30H33N5O5. The number of amides is 2. The number of aryl methyl sites for hydroxylation is 1. The highest BCUT2D eigenvalue weighted by Gasteiger charge is 2.40. The second kappa shape index (κ2) is 12.9. The van der Waals surface area contributed by atoms with E-state index in [0.29, 0.717) is 24.2 Å². The Morgan fingerprint density at radius 1 is 1.02 bits per heavy atom. The fourth-order valence-corrected chi connectivity index (χ4v) is 4.96. The number of pyridine rings is 1. The number of aromatic nitrogens is 1. The van der Waals surface area contributed by atoms with Crippen LogP contribution in [0.25, 0.3) is 0 Å². The summed E-state index contributed by atoms with van der Waals surface area (Å²) in [5, 5.41) is 10.3. The standard InChI is InChI=1S/C30H33N5O5/c1-40-27(37)17-23-16-25(35(30(23)39)15-5-8-20-6-3-2-4-7-20)19-34-18-22(11-14-26(34)36)29(38)33-24-12-9-21(10-13-24)28(31)32/h2-4,6-7,9-14,18,23,25H,5,8,15-17,19H2,1H3,(H3,31,32)(H,33,38)/t23-,25-/m0/s1. The van der Waals surface area contributed by atoms with Gasteiger partial charge in [0.15, 0.2) is 0 Å². The van der Waals surface area contributed by atoms with Crippen LogP contribution in [0.5, 0.6) is 0 Å². The van der Waals surface area contributed by atoms with Crippen LogP contribution in [0.15, 0.2) is 77.7 Å². The van der Waals surface area contributed by atoms with Crippen LogP contribution in [-0.4, -0.2) is 52.8 Å². The SMILES string of the molecule is COC(=O)C[C@@H]1C[C@@H](Cn2cc(C(=O)Nc3ccc(C(=N)N)cc3)ccc2=O)N(CCCc2ccccc2)C1=O. The van der Waals surface area contributed by atoms with Gasteiger partial charge in [-0.2, -0.15) is 0 Å². The smallest absolute Gasteiger partial charge is 0.306 e. The largest absolute Gasteiger partial charge is 0.469 e. The van der Waals surface area contributed by atoms with Crippen molar-refractivity contribution in [2.75, 3.05) is 19.0 Å². The molecule has 40 heavy (non-hydrogen) atoms. The molecule has 1 saturated heterocycles. The zero-order valence-electron chi connectivity index (χ0n) is 22.3. The summed E-state index contributed by atoms with van der Waals surface area (Å²) < 4.78 is 6.23. The van der Waals surface area contributed by atoms with Crippen molar-refractivity contribution in [2.24, 2.45) is 11.7 Å². The fourth-order valence-electron chi connectivity index (χ4n) is 4.96. The van der Waals surface area contributed by atoms with Gasteiger partial charge in [-0.1, -0.05) is 30.3 Å². The van der Waals surface area contributed by atoms with Crippen LogP contribution in [-0.2, 0) is 27.3 Å². The minimum atomic E-state index is -0.519. The molecule has 4 rings (SSSR count). The molecule has 2 atom stereocenters. The lowest BCUT2D eigenvalue weighted by Gasteiger charge is -2.25. The molecule has 2 heterocycles. The molecule has 0 spiro atoms. The maximum atomic E-state index is 13.3. The molecule has 2 amide bonds. The number of hydrogen-bond donors (Lipinski definition) is 3. The third kappa shape index (κ3) is 7.02. The molecule has 208 valence electrons. The van der Waals surface area contributed by atoms with E-state index in [4.69, 9.17) is 15.9 Å².